The second-order valence-electron chi connectivity index (χ2n) is 8.45. The lowest BCUT2D eigenvalue weighted by atomic mass is 10.1. The SMILES string of the molecule is CC1Cc2cc(C(=O)NCCSc3n[nH]c(-c4ccccc4)n3)ccc2N1S(=O)(=O)c1ccccc1. The molecule has 0 saturated heterocycles. The number of carbonyl (C=O) groups is 1. The van der Waals surface area contributed by atoms with E-state index >= 15 is 0 Å². The van der Waals surface area contributed by atoms with Crippen LogP contribution >= 0.6 is 11.8 Å². The Hall–Kier alpha value is -3.63. The molecule has 3 aromatic carbocycles. The van der Waals surface area contributed by atoms with Gasteiger partial charge in [-0.1, -0.05) is 60.3 Å². The first-order valence-electron chi connectivity index (χ1n) is 11.5. The van der Waals surface area contributed by atoms with E-state index in [1.807, 2.05) is 37.3 Å². The fourth-order valence-electron chi connectivity index (χ4n) is 4.26. The maximum Gasteiger partial charge on any atom is 0.264 e. The van der Waals surface area contributed by atoms with Crippen molar-refractivity contribution in [2.75, 3.05) is 16.6 Å². The van der Waals surface area contributed by atoms with Crippen LogP contribution in [0.4, 0.5) is 5.69 Å². The predicted octanol–water partition coefficient (Wildman–Crippen LogP) is 4.13. The van der Waals surface area contributed by atoms with Gasteiger partial charge >= 0.3 is 0 Å². The number of aromatic amines is 1. The lowest BCUT2D eigenvalue weighted by molar-refractivity contribution is 0.0956. The summed E-state index contributed by atoms with van der Waals surface area (Å²) in [7, 11) is -3.68. The Balaban J connectivity index is 1.19. The maximum atomic E-state index is 13.2. The van der Waals surface area contributed by atoms with Crippen LogP contribution in [0.2, 0.25) is 0 Å². The number of benzene rings is 3. The smallest absolute Gasteiger partial charge is 0.264 e. The van der Waals surface area contributed by atoms with Gasteiger partial charge in [0.15, 0.2) is 5.82 Å². The largest absolute Gasteiger partial charge is 0.351 e. The lowest BCUT2D eigenvalue weighted by Gasteiger charge is -2.24. The van der Waals surface area contributed by atoms with E-state index in [9.17, 15) is 13.2 Å². The number of nitrogens with one attached hydrogen (secondary N) is 2. The molecule has 5 rings (SSSR count). The van der Waals surface area contributed by atoms with E-state index in [0.29, 0.717) is 41.0 Å². The average molecular weight is 520 g/mol. The topological polar surface area (TPSA) is 108 Å². The highest BCUT2D eigenvalue weighted by molar-refractivity contribution is 7.99. The van der Waals surface area contributed by atoms with Crippen molar-refractivity contribution in [3.63, 3.8) is 0 Å². The number of anilines is 1. The summed E-state index contributed by atoms with van der Waals surface area (Å²) >= 11 is 1.45. The number of hydrogen-bond acceptors (Lipinski definition) is 6. The van der Waals surface area contributed by atoms with Gasteiger partial charge in [-0.25, -0.2) is 13.4 Å². The first-order chi connectivity index (χ1) is 17.4. The molecule has 1 unspecified atom stereocenters. The molecule has 184 valence electrons. The predicted molar refractivity (Wildman–Crippen MR) is 141 cm³/mol. The van der Waals surface area contributed by atoms with E-state index in [1.54, 1.807) is 48.5 Å². The lowest BCUT2D eigenvalue weighted by Crippen LogP contribution is -2.35. The van der Waals surface area contributed by atoms with Crippen LogP contribution in [0.25, 0.3) is 11.4 Å². The molecule has 1 atom stereocenters. The molecular formula is C26H25N5O3S2. The molecule has 10 heteroatoms. The minimum Gasteiger partial charge on any atom is -0.351 e. The summed E-state index contributed by atoms with van der Waals surface area (Å²) in [5.74, 6) is 1.12. The monoisotopic (exact) mass is 519 g/mol. The molecular weight excluding hydrogens is 494 g/mol. The molecule has 8 nitrogen and oxygen atoms in total. The normalized spacial score (nSPS) is 15.0. The van der Waals surface area contributed by atoms with E-state index in [2.05, 4.69) is 20.5 Å². The molecule has 0 radical (unpaired) electrons. The highest BCUT2D eigenvalue weighted by atomic mass is 32.2. The van der Waals surface area contributed by atoms with Crippen LogP contribution in [0.5, 0.6) is 0 Å². The van der Waals surface area contributed by atoms with Crippen molar-refractivity contribution in [1.82, 2.24) is 20.5 Å². The second kappa shape index (κ2) is 10.2. The van der Waals surface area contributed by atoms with Crippen molar-refractivity contribution < 1.29 is 13.2 Å². The molecule has 36 heavy (non-hydrogen) atoms. The van der Waals surface area contributed by atoms with E-state index in [0.717, 1.165) is 11.1 Å². The quantitative estimate of drug-likeness (QED) is 0.268. The standard InChI is InChI=1S/C26H25N5O3S2/c1-18-16-21-17-20(12-13-23(21)31(18)36(33,34)22-10-6-3-7-11-22)25(32)27-14-15-35-26-28-24(29-30-26)19-8-4-2-5-9-19/h2-13,17-18H,14-16H2,1H3,(H,27,32)(H,28,29,30). The van der Waals surface area contributed by atoms with Gasteiger partial charge in [-0.05, 0) is 49.2 Å². The minimum absolute atomic E-state index is 0.199. The van der Waals surface area contributed by atoms with Crippen LogP contribution < -0.4 is 9.62 Å². The zero-order valence-corrected chi connectivity index (χ0v) is 21.2. The number of sulfonamides is 1. The Labute approximate surface area is 214 Å². The van der Waals surface area contributed by atoms with Crippen molar-refractivity contribution in [1.29, 1.82) is 0 Å². The highest BCUT2D eigenvalue weighted by Crippen LogP contribution is 2.37. The van der Waals surface area contributed by atoms with Crippen molar-refractivity contribution in [3.05, 3.63) is 90.0 Å². The molecule has 2 heterocycles. The summed E-state index contributed by atoms with van der Waals surface area (Å²) < 4.78 is 27.9. The number of hydrogen-bond donors (Lipinski definition) is 2. The third-order valence-corrected chi connectivity index (χ3v) is 8.72. The van der Waals surface area contributed by atoms with Crippen LogP contribution in [-0.2, 0) is 16.4 Å². The zero-order valence-electron chi connectivity index (χ0n) is 19.6. The Bertz CT molecular complexity index is 1470. The van der Waals surface area contributed by atoms with E-state index in [-0.39, 0.29) is 16.8 Å². The number of rotatable bonds is 8. The summed E-state index contributed by atoms with van der Waals surface area (Å²) in [5.41, 5.74) is 2.94. The van der Waals surface area contributed by atoms with Crippen LogP contribution in [-0.4, -0.2) is 47.8 Å². The van der Waals surface area contributed by atoms with Gasteiger partial charge in [-0.15, -0.1) is 5.10 Å². The second-order valence-corrected chi connectivity index (χ2v) is 11.3. The number of thioether (sulfide) groups is 1. The van der Waals surface area contributed by atoms with Gasteiger partial charge in [0.1, 0.15) is 0 Å². The number of amides is 1. The number of H-pyrrole nitrogens is 1. The van der Waals surface area contributed by atoms with E-state index in [4.69, 9.17) is 0 Å². The maximum absolute atomic E-state index is 13.2. The molecule has 2 N–H and O–H groups in total. The third kappa shape index (κ3) is 4.87. The van der Waals surface area contributed by atoms with Gasteiger partial charge in [-0.3, -0.25) is 14.2 Å². The molecule has 1 aliphatic rings. The van der Waals surface area contributed by atoms with Gasteiger partial charge in [0.2, 0.25) is 5.16 Å². The summed E-state index contributed by atoms with van der Waals surface area (Å²) in [6.45, 7) is 2.32. The van der Waals surface area contributed by atoms with E-state index < -0.39 is 10.0 Å². The first kappa shape index (κ1) is 24.1. The zero-order chi connectivity index (χ0) is 25.1. The van der Waals surface area contributed by atoms with Crippen LogP contribution in [0.15, 0.2) is 88.9 Å². The molecule has 0 aliphatic carbocycles. The van der Waals surface area contributed by atoms with Crippen molar-refractivity contribution in [3.8, 4) is 11.4 Å². The van der Waals surface area contributed by atoms with Crippen LogP contribution in [0, 0.1) is 0 Å². The Morgan fingerprint density at radius 3 is 2.56 bits per heavy atom. The fraction of sp³-hybridized carbons (Fsp3) is 0.192. The first-order valence-corrected chi connectivity index (χ1v) is 14.0. The Morgan fingerprint density at radius 2 is 1.81 bits per heavy atom. The van der Waals surface area contributed by atoms with Crippen LogP contribution in [0.1, 0.15) is 22.8 Å². The summed E-state index contributed by atoms with van der Waals surface area (Å²) in [6, 6.07) is 23.1. The number of carbonyl (C=O) groups excluding carboxylic acids is 1. The van der Waals surface area contributed by atoms with Gasteiger partial charge in [0.25, 0.3) is 15.9 Å². The van der Waals surface area contributed by atoms with Crippen LogP contribution in [0.3, 0.4) is 0 Å². The Morgan fingerprint density at radius 1 is 1.08 bits per heavy atom. The van der Waals surface area contributed by atoms with Crippen molar-refractivity contribution >= 4 is 33.4 Å². The minimum atomic E-state index is -3.68. The van der Waals surface area contributed by atoms with Crippen molar-refractivity contribution in [2.45, 2.75) is 29.4 Å². The number of nitrogens with zero attached hydrogens (tertiary/aromatic N) is 3. The molecule has 0 fully saturated rings. The molecule has 0 saturated carbocycles. The van der Waals surface area contributed by atoms with Crippen molar-refractivity contribution in [2.24, 2.45) is 0 Å². The molecule has 1 aromatic heterocycles. The van der Waals surface area contributed by atoms with Gasteiger partial charge in [-0.2, -0.15) is 0 Å². The highest BCUT2D eigenvalue weighted by Gasteiger charge is 2.36. The van der Waals surface area contributed by atoms with Gasteiger partial charge in [0.05, 0.1) is 10.6 Å². The summed E-state index contributed by atoms with van der Waals surface area (Å²) in [5, 5.41) is 10.7. The third-order valence-electron chi connectivity index (χ3n) is 5.93. The van der Waals surface area contributed by atoms with Gasteiger partial charge in [0, 0.05) is 29.5 Å². The molecule has 1 amide bonds. The Kier molecular flexibility index (Phi) is 6.80. The average Bonchev–Trinajstić information content (AvgIpc) is 3.51. The summed E-state index contributed by atoms with van der Waals surface area (Å²) in [6.07, 6.45) is 0.549. The summed E-state index contributed by atoms with van der Waals surface area (Å²) in [4.78, 5) is 17.5. The number of fused-ring (bicyclic) bond motifs is 1. The molecule has 1 aliphatic heterocycles. The molecule has 4 aromatic rings. The number of aromatic nitrogens is 3. The molecule has 0 bridgehead atoms. The fourth-order valence-corrected chi connectivity index (χ4v) is 6.63. The molecule has 0 spiro atoms. The van der Waals surface area contributed by atoms with E-state index in [1.165, 1.54) is 16.1 Å². The van der Waals surface area contributed by atoms with Gasteiger partial charge < -0.3 is 5.32 Å².